The van der Waals surface area contributed by atoms with E-state index in [0.717, 1.165) is 27.4 Å². The molecule has 3 aromatic rings. The van der Waals surface area contributed by atoms with Crippen LogP contribution in [0.3, 0.4) is 0 Å². The average molecular weight is 380 g/mol. The minimum atomic E-state index is 0.0829. The maximum atomic E-state index is 12.3. The van der Waals surface area contributed by atoms with Gasteiger partial charge in [0.1, 0.15) is 0 Å². The molecule has 2 nitrogen and oxygen atoms in total. The second-order valence-corrected chi connectivity index (χ2v) is 7.12. The first kappa shape index (κ1) is 15.4. The summed E-state index contributed by atoms with van der Waals surface area (Å²) in [4.78, 5) is 12.3. The zero-order valence-corrected chi connectivity index (χ0v) is 15.1. The number of amides is 1. The summed E-state index contributed by atoms with van der Waals surface area (Å²) in [5.41, 5.74) is 4.66. The molecule has 0 radical (unpaired) electrons. The van der Waals surface area contributed by atoms with Gasteiger partial charge in [0.2, 0.25) is 5.91 Å². The Morgan fingerprint density at radius 1 is 1.08 bits per heavy atom. The molecule has 0 fully saturated rings. The van der Waals surface area contributed by atoms with E-state index in [9.17, 15) is 4.79 Å². The van der Waals surface area contributed by atoms with Gasteiger partial charge in [-0.2, -0.15) is 0 Å². The third-order valence-corrected chi connectivity index (χ3v) is 5.50. The number of rotatable bonds is 2. The van der Waals surface area contributed by atoms with E-state index < -0.39 is 0 Å². The zero-order valence-electron chi connectivity index (χ0n) is 13.5. The van der Waals surface area contributed by atoms with E-state index in [4.69, 9.17) is 0 Å². The molecule has 0 saturated carbocycles. The van der Waals surface area contributed by atoms with Crippen molar-refractivity contribution in [1.82, 2.24) is 0 Å². The van der Waals surface area contributed by atoms with Gasteiger partial charge >= 0.3 is 0 Å². The molecule has 0 saturated heterocycles. The van der Waals surface area contributed by atoms with Gasteiger partial charge < -0.3 is 5.32 Å². The van der Waals surface area contributed by atoms with Crippen LogP contribution in [-0.4, -0.2) is 5.91 Å². The first-order valence-corrected chi connectivity index (χ1v) is 9.06. The van der Waals surface area contributed by atoms with Crippen LogP contribution in [0.2, 0.25) is 0 Å². The summed E-state index contributed by atoms with van der Waals surface area (Å²) in [6.45, 7) is 2.15. The summed E-state index contributed by atoms with van der Waals surface area (Å²) in [7, 11) is 0. The number of hydrogen-bond acceptors (Lipinski definition) is 1. The lowest BCUT2D eigenvalue weighted by Crippen LogP contribution is -2.23. The average Bonchev–Trinajstić information content (AvgIpc) is 2.62. The SMILES string of the molecule is CCc1ccc([C@@H]2CC(=O)Nc3c2cc(Br)c2ccccc32)cc1. The Morgan fingerprint density at radius 3 is 2.50 bits per heavy atom. The van der Waals surface area contributed by atoms with Crippen LogP contribution in [0, 0.1) is 0 Å². The summed E-state index contributed by atoms with van der Waals surface area (Å²) in [5.74, 6) is 0.181. The van der Waals surface area contributed by atoms with Crippen LogP contribution in [0.5, 0.6) is 0 Å². The van der Waals surface area contributed by atoms with Crippen molar-refractivity contribution in [3.63, 3.8) is 0 Å². The van der Waals surface area contributed by atoms with E-state index in [2.05, 4.69) is 70.6 Å². The van der Waals surface area contributed by atoms with E-state index in [1.807, 2.05) is 12.1 Å². The Kier molecular flexibility index (Phi) is 3.89. The molecule has 1 N–H and O–H groups in total. The molecule has 1 atom stereocenters. The number of fused-ring (bicyclic) bond motifs is 3. The standard InChI is InChI=1S/C21H18BrNO/c1-2-13-7-9-14(10-8-13)17-12-20(24)23-21-16-6-4-3-5-15(16)19(22)11-18(17)21/h3-11,17H,2,12H2,1H3,(H,23,24)/t17-/m0/s1. The van der Waals surface area contributed by atoms with Gasteiger partial charge in [-0.05, 0) is 34.6 Å². The van der Waals surface area contributed by atoms with Crippen molar-refractivity contribution in [2.24, 2.45) is 0 Å². The highest BCUT2D eigenvalue weighted by Crippen LogP contribution is 2.43. The quantitative estimate of drug-likeness (QED) is 0.613. The van der Waals surface area contributed by atoms with E-state index in [1.54, 1.807) is 0 Å². The minimum Gasteiger partial charge on any atom is -0.325 e. The van der Waals surface area contributed by atoms with Gasteiger partial charge in [-0.1, -0.05) is 71.4 Å². The van der Waals surface area contributed by atoms with Crippen molar-refractivity contribution in [3.05, 3.63) is 75.8 Å². The first-order valence-electron chi connectivity index (χ1n) is 8.27. The number of carbonyl (C=O) groups excluding carboxylic acids is 1. The first-order chi connectivity index (χ1) is 11.7. The molecule has 0 bridgehead atoms. The summed E-state index contributed by atoms with van der Waals surface area (Å²) in [5, 5.41) is 5.30. The van der Waals surface area contributed by atoms with Gasteiger partial charge in [0.25, 0.3) is 0 Å². The molecule has 1 amide bonds. The number of halogens is 1. The largest absolute Gasteiger partial charge is 0.325 e. The Bertz CT molecular complexity index is 930. The van der Waals surface area contributed by atoms with Crippen molar-refractivity contribution in [1.29, 1.82) is 0 Å². The molecular formula is C21H18BrNO. The molecule has 24 heavy (non-hydrogen) atoms. The van der Waals surface area contributed by atoms with E-state index in [0.29, 0.717) is 6.42 Å². The van der Waals surface area contributed by atoms with Crippen molar-refractivity contribution >= 4 is 38.3 Å². The Balaban J connectivity index is 1.91. The lowest BCUT2D eigenvalue weighted by Gasteiger charge is -2.28. The second kappa shape index (κ2) is 6.06. The third-order valence-electron chi connectivity index (χ3n) is 4.84. The molecule has 0 aromatic heterocycles. The predicted molar refractivity (Wildman–Crippen MR) is 103 cm³/mol. The number of aryl methyl sites for hydroxylation is 1. The van der Waals surface area contributed by atoms with Crippen LogP contribution in [0.25, 0.3) is 10.8 Å². The van der Waals surface area contributed by atoms with Crippen molar-refractivity contribution < 1.29 is 4.79 Å². The number of carbonyl (C=O) groups is 1. The van der Waals surface area contributed by atoms with Crippen LogP contribution in [0.1, 0.15) is 36.0 Å². The zero-order chi connectivity index (χ0) is 16.7. The Morgan fingerprint density at radius 2 is 1.79 bits per heavy atom. The summed E-state index contributed by atoms with van der Waals surface area (Å²) in [6, 6.07) is 19.0. The number of anilines is 1. The molecular weight excluding hydrogens is 362 g/mol. The normalized spacial score (nSPS) is 16.8. The molecule has 1 aliphatic heterocycles. The minimum absolute atomic E-state index is 0.0829. The maximum Gasteiger partial charge on any atom is 0.225 e. The van der Waals surface area contributed by atoms with Crippen molar-refractivity contribution in [2.45, 2.75) is 25.7 Å². The molecule has 3 heteroatoms. The summed E-state index contributed by atoms with van der Waals surface area (Å²) < 4.78 is 1.07. The smallest absolute Gasteiger partial charge is 0.225 e. The monoisotopic (exact) mass is 379 g/mol. The lowest BCUT2D eigenvalue weighted by atomic mass is 9.83. The molecule has 0 aliphatic carbocycles. The Labute approximate surface area is 150 Å². The van der Waals surface area contributed by atoms with Crippen LogP contribution < -0.4 is 5.32 Å². The van der Waals surface area contributed by atoms with Gasteiger partial charge in [-0.25, -0.2) is 0 Å². The van der Waals surface area contributed by atoms with Crippen LogP contribution in [0.4, 0.5) is 5.69 Å². The van der Waals surface area contributed by atoms with Crippen LogP contribution in [0.15, 0.2) is 59.1 Å². The fraction of sp³-hybridized carbons (Fsp3) is 0.190. The van der Waals surface area contributed by atoms with Crippen LogP contribution >= 0.6 is 15.9 Å². The number of benzene rings is 3. The molecule has 1 aliphatic rings. The fourth-order valence-corrected chi connectivity index (χ4v) is 4.13. The fourth-order valence-electron chi connectivity index (χ4n) is 3.53. The van der Waals surface area contributed by atoms with E-state index in [1.165, 1.54) is 16.7 Å². The summed E-state index contributed by atoms with van der Waals surface area (Å²) in [6.07, 6.45) is 1.52. The van der Waals surface area contributed by atoms with Crippen molar-refractivity contribution in [2.75, 3.05) is 5.32 Å². The van der Waals surface area contributed by atoms with E-state index in [-0.39, 0.29) is 11.8 Å². The van der Waals surface area contributed by atoms with Gasteiger partial charge in [0, 0.05) is 22.2 Å². The number of hydrogen-bond donors (Lipinski definition) is 1. The molecule has 0 spiro atoms. The highest BCUT2D eigenvalue weighted by atomic mass is 79.9. The molecule has 1 heterocycles. The van der Waals surface area contributed by atoms with E-state index >= 15 is 0 Å². The van der Waals surface area contributed by atoms with Gasteiger partial charge in [0.05, 0.1) is 5.69 Å². The lowest BCUT2D eigenvalue weighted by molar-refractivity contribution is -0.116. The van der Waals surface area contributed by atoms with Gasteiger partial charge in [0.15, 0.2) is 0 Å². The Hall–Kier alpha value is -2.13. The molecule has 0 unspecified atom stereocenters. The summed E-state index contributed by atoms with van der Waals surface area (Å²) >= 11 is 3.70. The van der Waals surface area contributed by atoms with Crippen LogP contribution in [-0.2, 0) is 11.2 Å². The molecule has 120 valence electrons. The molecule has 3 aromatic carbocycles. The highest BCUT2D eigenvalue weighted by molar-refractivity contribution is 9.10. The molecule has 4 rings (SSSR count). The van der Waals surface area contributed by atoms with Gasteiger partial charge in [-0.3, -0.25) is 4.79 Å². The van der Waals surface area contributed by atoms with Gasteiger partial charge in [-0.15, -0.1) is 0 Å². The number of nitrogens with one attached hydrogen (secondary N) is 1. The second-order valence-electron chi connectivity index (χ2n) is 6.27. The maximum absolute atomic E-state index is 12.3. The topological polar surface area (TPSA) is 29.1 Å². The third kappa shape index (κ3) is 2.53. The predicted octanol–water partition coefficient (Wildman–Crippen LogP) is 5.64. The highest BCUT2D eigenvalue weighted by Gasteiger charge is 2.28. The van der Waals surface area contributed by atoms with Crippen molar-refractivity contribution in [3.8, 4) is 0 Å².